The zero-order valence-electron chi connectivity index (χ0n) is 10.5. The van der Waals surface area contributed by atoms with Crippen molar-refractivity contribution < 1.29 is 14.2 Å². The predicted molar refractivity (Wildman–Crippen MR) is 67.2 cm³/mol. The maximum absolute atomic E-state index is 5.76. The molecule has 1 aromatic heterocycles. The van der Waals surface area contributed by atoms with Crippen LogP contribution in [0.5, 0.6) is 23.1 Å². The summed E-state index contributed by atoms with van der Waals surface area (Å²) in [6, 6.07) is 5.22. The Labute approximate surface area is 105 Å². The van der Waals surface area contributed by atoms with E-state index in [1.807, 2.05) is 0 Å². The molecule has 0 bridgehead atoms. The molecule has 2 rings (SSSR count). The van der Waals surface area contributed by atoms with E-state index in [0.29, 0.717) is 28.8 Å². The molecule has 0 atom stereocenters. The highest BCUT2D eigenvalue weighted by molar-refractivity contribution is 5.50. The van der Waals surface area contributed by atoms with Gasteiger partial charge in [0.05, 0.1) is 20.4 Å². The molecule has 2 N–H and O–H groups in total. The van der Waals surface area contributed by atoms with Crippen LogP contribution in [0.2, 0.25) is 0 Å². The molecule has 0 radical (unpaired) electrons. The Kier molecular flexibility index (Phi) is 3.27. The molecule has 0 aliphatic rings. The van der Waals surface area contributed by atoms with E-state index in [1.54, 1.807) is 50.3 Å². The average molecular weight is 249 g/mol. The number of aryl methyl sites for hydroxylation is 1. The van der Waals surface area contributed by atoms with Gasteiger partial charge in [-0.1, -0.05) is 0 Å². The largest absolute Gasteiger partial charge is 0.496 e. The lowest BCUT2D eigenvalue weighted by Crippen LogP contribution is -1.93. The first-order valence-corrected chi connectivity index (χ1v) is 5.32. The number of rotatable bonds is 4. The Morgan fingerprint density at radius 3 is 2.06 bits per heavy atom. The van der Waals surface area contributed by atoms with E-state index >= 15 is 0 Å². The highest BCUT2D eigenvalue weighted by Gasteiger charge is 2.09. The van der Waals surface area contributed by atoms with Gasteiger partial charge in [0.1, 0.15) is 22.9 Å². The lowest BCUT2D eigenvalue weighted by Gasteiger charge is -2.08. The van der Waals surface area contributed by atoms with Gasteiger partial charge in [0.15, 0.2) is 0 Å². The molecule has 0 saturated heterocycles. The normalized spacial score (nSPS) is 10.2. The lowest BCUT2D eigenvalue weighted by molar-refractivity contribution is 0.384. The molecule has 0 spiro atoms. The van der Waals surface area contributed by atoms with Crippen molar-refractivity contribution in [3.05, 3.63) is 24.4 Å². The van der Waals surface area contributed by atoms with Crippen LogP contribution in [0.25, 0.3) is 0 Å². The fourth-order valence-electron chi connectivity index (χ4n) is 1.52. The van der Waals surface area contributed by atoms with Gasteiger partial charge in [-0.25, -0.2) is 0 Å². The number of hydrogen-bond donors (Lipinski definition) is 1. The summed E-state index contributed by atoms with van der Waals surface area (Å²) in [5, 5.41) is 4.10. The van der Waals surface area contributed by atoms with E-state index in [0.717, 1.165) is 0 Å². The number of benzene rings is 1. The minimum Gasteiger partial charge on any atom is -0.496 e. The minimum absolute atomic E-state index is 0.354. The van der Waals surface area contributed by atoms with Crippen LogP contribution in [0.3, 0.4) is 0 Å². The van der Waals surface area contributed by atoms with Crippen molar-refractivity contribution in [2.24, 2.45) is 7.05 Å². The maximum atomic E-state index is 5.76. The van der Waals surface area contributed by atoms with E-state index in [9.17, 15) is 0 Å². The first-order chi connectivity index (χ1) is 8.62. The van der Waals surface area contributed by atoms with E-state index < -0.39 is 0 Å². The molecule has 0 aliphatic heterocycles. The molecule has 6 heteroatoms. The van der Waals surface area contributed by atoms with Crippen LogP contribution in [0, 0.1) is 0 Å². The van der Waals surface area contributed by atoms with Crippen molar-refractivity contribution in [2.75, 3.05) is 20.0 Å². The number of anilines is 1. The molecule has 96 valence electrons. The predicted octanol–water partition coefficient (Wildman–Crippen LogP) is 1.81. The zero-order valence-corrected chi connectivity index (χ0v) is 10.5. The first kappa shape index (κ1) is 12.1. The Morgan fingerprint density at radius 1 is 1.06 bits per heavy atom. The smallest absolute Gasteiger partial charge is 0.261 e. The van der Waals surface area contributed by atoms with Crippen LogP contribution < -0.4 is 19.9 Å². The van der Waals surface area contributed by atoms with E-state index in [1.165, 1.54) is 0 Å². The summed E-state index contributed by atoms with van der Waals surface area (Å²) in [5.74, 6) is 2.18. The van der Waals surface area contributed by atoms with Crippen LogP contribution in [-0.4, -0.2) is 24.0 Å². The summed E-state index contributed by atoms with van der Waals surface area (Å²) in [6.45, 7) is 0. The van der Waals surface area contributed by atoms with Gasteiger partial charge in [-0.15, -0.1) is 5.10 Å². The third-order valence-corrected chi connectivity index (χ3v) is 2.36. The number of nitrogens with zero attached hydrogens (tertiary/aromatic N) is 2. The third kappa shape index (κ3) is 2.48. The molecular weight excluding hydrogens is 234 g/mol. The van der Waals surface area contributed by atoms with Gasteiger partial charge in [0.2, 0.25) is 0 Å². The molecule has 0 fully saturated rings. The molecule has 0 aliphatic carbocycles. The minimum atomic E-state index is 0.354. The van der Waals surface area contributed by atoms with Gasteiger partial charge in [-0.3, -0.25) is 4.68 Å². The lowest BCUT2D eigenvalue weighted by atomic mass is 10.3. The van der Waals surface area contributed by atoms with E-state index in [4.69, 9.17) is 19.9 Å². The molecule has 2 aromatic rings. The highest BCUT2D eigenvalue weighted by Crippen LogP contribution is 2.32. The second-order valence-corrected chi connectivity index (χ2v) is 3.71. The van der Waals surface area contributed by atoms with Crippen LogP contribution in [0.1, 0.15) is 0 Å². The number of nitrogens with two attached hydrogens (primary N) is 1. The van der Waals surface area contributed by atoms with E-state index in [2.05, 4.69) is 5.10 Å². The van der Waals surface area contributed by atoms with Gasteiger partial charge in [-0.05, 0) is 0 Å². The number of methoxy groups -OCH3 is 2. The summed E-state index contributed by atoms with van der Waals surface area (Å²) in [4.78, 5) is 0. The van der Waals surface area contributed by atoms with Crippen LogP contribution in [-0.2, 0) is 7.05 Å². The van der Waals surface area contributed by atoms with Gasteiger partial charge in [0.25, 0.3) is 5.88 Å². The summed E-state index contributed by atoms with van der Waals surface area (Å²) in [7, 11) is 4.93. The van der Waals surface area contributed by atoms with Crippen molar-refractivity contribution in [2.45, 2.75) is 0 Å². The second kappa shape index (κ2) is 4.87. The maximum Gasteiger partial charge on any atom is 0.261 e. The summed E-state index contributed by atoms with van der Waals surface area (Å²) in [5.41, 5.74) is 6.23. The highest BCUT2D eigenvalue weighted by atomic mass is 16.5. The molecule has 0 unspecified atom stereocenters. The molecule has 1 heterocycles. The second-order valence-electron chi connectivity index (χ2n) is 3.71. The van der Waals surface area contributed by atoms with Crippen LogP contribution in [0.4, 0.5) is 5.69 Å². The van der Waals surface area contributed by atoms with Crippen molar-refractivity contribution in [3.8, 4) is 23.1 Å². The Hall–Kier alpha value is -2.37. The third-order valence-electron chi connectivity index (χ3n) is 2.36. The Morgan fingerprint density at radius 2 is 1.61 bits per heavy atom. The number of nitrogen functional groups attached to an aromatic ring is 1. The fourth-order valence-corrected chi connectivity index (χ4v) is 1.52. The Balaban J connectivity index is 2.30. The molecule has 1 aromatic carbocycles. The van der Waals surface area contributed by atoms with Crippen molar-refractivity contribution >= 4 is 5.69 Å². The number of ether oxygens (including phenoxy) is 3. The molecular formula is C12H15N3O3. The van der Waals surface area contributed by atoms with Crippen LogP contribution in [0.15, 0.2) is 24.4 Å². The molecule has 18 heavy (non-hydrogen) atoms. The summed E-state index contributed by atoms with van der Waals surface area (Å²) < 4.78 is 17.5. The molecule has 6 nitrogen and oxygen atoms in total. The Bertz CT molecular complexity index is 529. The molecule has 0 saturated carbocycles. The van der Waals surface area contributed by atoms with Crippen LogP contribution >= 0.6 is 0 Å². The fraction of sp³-hybridized carbons (Fsp3) is 0.250. The van der Waals surface area contributed by atoms with Crippen molar-refractivity contribution in [1.29, 1.82) is 0 Å². The van der Waals surface area contributed by atoms with E-state index in [-0.39, 0.29) is 0 Å². The summed E-state index contributed by atoms with van der Waals surface area (Å²) >= 11 is 0. The van der Waals surface area contributed by atoms with Gasteiger partial charge in [-0.2, -0.15) is 0 Å². The number of hydrogen-bond acceptors (Lipinski definition) is 5. The first-order valence-electron chi connectivity index (χ1n) is 5.32. The monoisotopic (exact) mass is 249 g/mol. The quantitative estimate of drug-likeness (QED) is 0.894. The topological polar surface area (TPSA) is 71.5 Å². The van der Waals surface area contributed by atoms with Crippen molar-refractivity contribution in [3.63, 3.8) is 0 Å². The zero-order chi connectivity index (χ0) is 13.1. The van der Waals surface area contributed by atoms with Gasteiger partial charge in [0, 0.05) is 25.2 Å². The van der Waals surface area contributed by atoms with Gasteiger partial charge < -0.3 is 19.9 Å². The van der Waals surface area contributed by atoms with Gasteiger partial charge >= 0.3 is 0 Å². The average Bonchev–Trinajstić information content (AvgIpc) is 2.67. The van der Waals surface area contributed by atoms with Crippen molar-refractivity contribution in [1.82, 2.24) is 9.78 Å². The summed E-state index contributed by atoms with van der Waals surface area (Å²) in [6.07, 6.45) is 1.67. The molecule has 0 amide bonds. The number of aromatic nitrogens is 2. The SMILES string of the molecule is COc1cc(OC)cc(Oc2nn(C)cc2N)c1. The standard InChI is InChI=1S/C12H15N3O3/c1-15-7-11(13)12(14-15)18-10-5-8(16-2)4-9(6-10)17-3/h4-7H,13H2,1-3H3.